The van der Waals surface area contributed by atoms with Gasteiger partial charge in [0, 0.05) is 0 Å². The van der Waals surface area contributed by atoms with Crippen molar-refractivity contribution in [2.75, 3.05) is 13.7 Å². The van der Waals surface area contributed by atoms with Crippen molar-refractivity contribution in [1.82, 2.24) is 0 Å². The van der Waals surface area contributed by atoms with Crippen molar-refractivity contribution in [3.63, 3.8) is 0 Å². The van der Waals surface area contributed by atoms with Crippen LogP contribution in [-0.2, 0) is 9.47 Å². The number of ether oxygens (including phenoxy) is 2. The van der Waals surface area contributed by atoms with Crippen LogP contribution < -0.4 is 0 Å². The molecule has 0 atom stereocenters. The number of phenols is 1. The Balaban J connectivity index is 3.44. The molecule has 0 saturated carbocycles. The highest BCUT2D eigenvalue weighted by atomic mass is 16.5. The van der Waals surface area contributed by atoms with Crippen LogP contribution in [0.4, 0.5) is 0 Å². The van der Waals surface area contributed by atoms with Gasteiger partial charge in [0.25, 0.3) is 0 Å². The van der Waals surface area contributed by atoms with E-state index in [1.807, 2.05) is 0 Å². The number of phenolic OH excluding ortho intramolecular Hbond substituents is 1. The summed E-state index contributed by atoms with van der Waals surface area (Å²) < 4.78 is 9.51. The first kappa shape index (κ1) is 14.0. The van der Waals surface area contributed by atoms with Crippen LogP contribution in [0.3, 0.4) is 0 Å². The van der Waals surface area contributed by atoms with Gasteiger partial charge in [-0.1, -0.05) is 0 Å². The minimum absolute atomic E-state index is 0.00819. The number of aryl methyl sites for hydroxylation is 1. The molecule has 0 spiro atoms. The normalized spacial score (nSPS) is 10.0. The highest BCUT2D eigenvalue weighted by molar-refractivity contribution is 6.00. The molecule has 0 aliphatic heterocycles. The van der Waals surface area contributed by atoms with E-state index >= 15 is 0 Å². The van der Waals surface area contributed by atoms with Crippen LogP contribution in [0.5, 0.6) is 5.75 Å². The zero-order chi connectivity index (χ0) is 13.9. The molecule has 5 heteroatoms. The van der Waals surface area contributed by atoms with E-state index in [1.54, 1.807) is 20.8 Å². The summed E-state index contributed by atoms with van der Waals surface area (Å²) >= 11 is 0. The van der Waals surface area contributed by atoms with Crippen molar-refractivity contribution in [3.05, 3.63) is 28.3 Å². The molecule has 0 unspecified atom stereocenters. The number of methoxy groups -OCH3 is 1. The smallest absolute Gasteiger partial charge is 0.341 e. The molecule has 18 heavy (non-hydrogen) atoms. The van der Waals surface area contributed by atoms with E-state index in [1.165, 1.54) is 13.2 Å². The Hall–Kier alpha value is -2.04. The number of hydrogen-bond acceptors (Lipinski definition) is 5. The molecule has 0 amide bonds. The molecule has 0 bridgehead atoms. The fraction of sp³-hybridized carbons (Fsp3) is 0.385. The molecule has 5 nitrogen and oxygen atoms in total. The largest absolute Gasteiger partial charge is 0.507 e. The highest BCUT2D eigenvalue weighted by Crippen LogP contribution is 2.28. The van der Waals surface area contributed by atoms with Crippen molar-refractivity contribution in [2.45, 2.75) is 20.8 Å². The van der Waals surface area contributed by atoms with Gasteiger partial charge in [-0.2, -0.15) is 0 Å². The summed E-state index contributed by atoms with van der Waals surface area (Å²) in [4.78, 5) is 23.4. The third-order valence-corrected chi connectivity index (χ3v) is 2.62. The fourth-order valence-corrected chi connectivity index (χ4v) is 1.84. The van der Waals surface area contributed by atoms with Gasteiger partial charge in [-0.25, -0.2) is 9.59 Å². The summed E-state index contributed by atoms with van der Waals surface area (Å²) in [5, 5.41) is 9.76. The maximum Gasteiger partial charge on any atom is 0.341 e. The van der Waals surface area contributed by atoms with E-state index < -0.39 is 11.9 Å². The molecule has 1 aromatic rings. The average Bonchev–Trinajstić information content (AvgIpc) is 2.28. The maximum absolute atomic E-state index is 11.8. The standard InChI is InChI=1S/C13H16O5/c1-5-18-13(16)10-7(2)6-9(14)11(8(10)3)12(15)17-4/h6,14H,5H2,1-4H3. The zero-order valence-corrected chi connectivity index (χ0v) is 10.9. The van der Waals surface area contributed by atoms with Crippen LogP contribution in [0.15, 0.2) is 6.07 Å². The Bertz CT molecular complexity index is 491. The molecule has 0 radical (unpaired) electrons. The van der Waals surface area contributed by atoms with E-state index in [0.29, 0.717) is 11.1 Å². The van der Waals surface area contributed by atoms with E-state index in [9.17, 15) is 14.7 Å². The monoisotopic (exact) mass is 252 g/mol. The molecule has 1 aromatic carbocycles. The molecular formula is C13H16O5. The quantitative estimate of drug-likeness (QED) is 0.832. The van der Waals surface area contributed by atoms with Crippen molar-refractivity contribution in [3.8, 4) is 5.75 Å². The van der Waals surface area contributed by atoms with Gasteiger partial charge >= 0.3 is 11.9 Å². The first-order valence-corrected chi connectivity index (χ1v) is 5.52. The number of aromatic hydroxyl groups is 1. The lowest BCUT2D eigenvalue weighted by Crippen LogP contribution is -2.13. The van der Waals surface area contributed by atoms with Crippen molar-refractivity contribution < 1.29 is 24.2 Å². The summed E-state index contributed by atoms with van der Waals surface area (Å²) in [7, 11) is 1.21. The number of carbonyl (C=O) groups excluding carboxylic acids is 2. The van der Waals surface area contributed by atoms with Crippen LogP contribution in [0.1, 0.15) is 38.8 Å². The first-order chi connectivity index (χ1) is 8.43. The Labute approximate surface area is 105 Å². The molecule has 0 aromatic heterocycles. The predicted octanol–water partition coefficient (Wildman–Crippen LogP) is 1.97. The van der Waals surface area contributed by atoms with E-state index in [0.717, 1.165) is 0 Å². The zero-order valence-electron chi connectivity index (χ0n) is 10.9. The van der Waals surface area contributed by atoms with E-state index in [-0.39, 0.29) is 23.5 Å². The molecular weight excluding hydrogens is 236 g/mol. The van der Waals surface area contributed by atoms with Crippen molar-refractivity contribution >= 4 is 11.9 Å². The maximum atomic E-state index is 11.8. The van der Waals surface area contributed by atoms with E-state index in [4.69, 9.17) is 4.74 Å². The lowest BCUT2D eigenvalue weighted by atomic mass is 9.96. The second kappa shape index (κ2) is 5.53. The Morgan fingerprint density at radius 1 is 1.22 bits per heavy atom. The van der Waals surface area contributed by atoms with Crippen LogP contribution in [0.2, 0.25) is 0 Å². The molecule has 0 saturated heterocycles. The second-order valence-electron chi connectivity index (χ2n) is 3.80. The minimum atomic E-state index is -0.685. The molecule has 0 aliphatic rings. The lowest BCUT2D eigenvalue weighted by Gasteiger charge is -2.13. The summed E-state index contributed by atoms with van der Waals surface area (Å²) in [6.45, 7) is 5.18. The summed E-state index contributed by atoms with van der Waals surface area (Å²) in [6.07, 6.45) is 0. The number of rotatable bonds is 3. The molecule has 0 fully saturated rings. The number of hydrogen-bond donors (Lipinski definition) is 1. The predicted molar refractivity (Wildman–Crippen MR) is 64.9 cm³/mol. The van der Waals surface area contributed by atoms with Gasteiger partial charge in [0.05, 0.1) is 19.3 Å². The third kappa shape index (κ3) is 2.45. The van der Waals surface area contributed by atoms with Gasteiger partial charge in [0.2, 0.25) is 0 Å². The average molecular weight is 252 g/mol. The fourth-order valence-electron chi connectivity index (χ4n) is 1.84. The molecule has 0 heterocycles. The van der Waals surface area contributed by atoms with Gasteiger partial charge in [-0.15, -0.1) is 0 Å². The number of benzene rings is 1. The van der Waals surface area contributed by atoms with Crippen LogP contribution in [0, 0.1) is 13.8 Å². The molecule has 1 N–H and O–H groups in total. The third-order valence-electron chi connectivity index (χ3n) is 2.62. The van der Waals surface area contributed by atoms with Crippen molar-refractivity contribution in [1.29, 1.82) is 0 Å². The Morgan fingerprint density at radius 2 is 1.83 bits per heavy atom. The topological polar surface area (TPSA) is 72.8 Å². The van der Waals surface area contributed by atoms with Gasteiger partial charge in [-0.3, -0.25) is 0 Å². The van der Waals surface area contributed by atoms with Crippen LogP contribution in [0.25, 0.3) is 0 Å². The Kier molecular flexibility index (Phi) is 4.31. The van der Waals surface area contributed by atoms with E-state index in [2.05, 4.69) is 4.74 Å². The van der Waals surface area contributed by atoms with Gasteiger partial charge in [0.1, 0.15) is 11.3 Å². The Morgan fingerprint density at radius 3 is 2.33 bits per heavy atom. The second-order valence-corrected chi connectivity index (χ2v) is 3.80. The number of carbonyl (C=O) groups is 2. The highest BCUT2D eigenvalue weighted by Gasteiger charge is 2.23. The summed E-state index contributed by atoms with van der Waals surface area (Å²) in [5.41, 5.74) is 1.19. The SMILES string of the molecule is CCOC(=O)c1c(C)cc(O)c(C(=O)OC)c1C. The van der Waals surface area contributed by atoms with Crippen LogP contribution in [-0.4, -0.2) is 30.8 Å². The minimum Gasteiger partial charge on any atom is -0.507 e. The van der Waals surface area contributed by atoms with Crippen molar-refractivity contribution in [2.24, 2.45) is 0 Å². The lowest BCUT2D eigenvalue weighted by molar-refractivity contribution is 0.0524. The number of esters is 2. The summed E-state index contributed by atoms with van der Waals surface area (Å²) in [6, 6.07) is 1.35. The molecule has 1 rings (SSSR count). The summed E-state index contributed by atoms with van der Waals surface area (Å²) in [5.74, 6) is -1.40. The molecule has 98 valence electrons. The van der Waals surface area contributed by atoms with Gasteiger partial charge in [0.15, 0.2) is 0 Å². The van der Waals surface area contributed by atoms with Crippen LogP contribution >= 0.6 is 0 Å². The molecule has 0 aliphatic carbocycles. The van der Waals surface area contributed by atoms with Gasteiger partial charge < -0.3 is 14.6 Å². The first-order valence-electron chi connectivity index (χ1n) is 5.52. The van der Waals surface area contributed by atoms with Gasteiger partial charge in [-0.05, 0) is 38.0 Å².